The minimum Gasteiger partial charge on any atom is -0.481 e. The number of carboxylic acids is 1. The number of hydrogen-bond donors (Lipinski definition) is 3. The molecule has 0 saturated heterocycles. The Morgan fingerprint density at radius 3 is 2.03 bits per heavy atom. The van der Waals surface area contributed by atoms with Crippen LogP contribution < -0.4 is 10.6 Å². The number of carboxylic acid groups (broad SMARTS) is 1. The number of benzene rings is 2. The highest BCUT2D eigenvalue weighted by molar-refractivity contribution is 5.87. The number of nitrogens with one attached hydrogen (secondary N) is 2. The first-order valence-corrected chi connectivity index (χ1v) is 10.7. The summed E-state index contributed by atoms with van der Waals surface area (Å²) in [5.74, 6) is -1.74. The van der Waals surface area contributed by atoms with Gasteiger partial charge in [-0.3, -0.25) is 9.59 Å². The van der Waals surface area contributed by atoms with Crippen LogP contribution in [0.5, 0.6) is 0 Å². The van der Waals surface area contributed by atoms with Gasteiger partial charge in [0, 0.05) is 11.5 Å². The van der Waals surface area contributed by atoms with Gasteiger partial charge in [0.05, 0.1) is 6.42 Å². The molecule has 0 aromatic heterocycles. The van der Waals surface area contributed by atoms with Gasteiger partial charge >= 0.3 is 12.1 Å². The lowest BCUT2D eigenvalue weighted by atomic mass is 9.97. The predicted octanol–water partition coefficient (Wildman–Crippen LogP) is 3.92. The molecule has 3 N–H and O–H groups in total. The summed E-state index contributed by atoms with van der Waals surface area (Å²) < 4.78 is 5.54. The third-order valence-corrected chi connectivity index (χ3v) is 5.62. The Bertz CT molecular complexity index is 969. The maximum atomic E-state index is 12.7. The number of fused-ring (bicyclic) bond motifs is 3. The van der Waals surface area contributed by atoms with E-state index in [1.54, 1.807) is 27.7 Å². The van der Waals surface area contributed by atoms with Crippen molar-refractivity contribution in [2.75, 3.05) is 6.61 Å². The first-order valence-electron chi connectivity index (χ1n) is 10.7. The van der Waals surface area contributed by atoms with Crippen molar-refractivity contribution in [3.63, 3.8) is 0 Å². The number of alkyl carbamates (subject to hydrolysis) is 1. The molecule has 1 atom stereocenters. The zero-order valence-electron chi connectivity index (χ0n) is 18.8. The molecule has 0 unspecified atom stereocenters. The minimum atomic E-state index is -1.01. The maximum absolute atomic E-state index is 12.7. The van der Waals surface area contributed by atoms with Gasteiger partial charge in [-0.05, 0) is 42.0 Å². The summed E-state index contributed by atoms with van der Waals surface area (Å²) >= 11 is 0. The van der Waals surface area contributed by atoms with Gasteiger partial charge in [-0.25, -0.2) is 4.79 Å². The van der Waals surface area contributed by atoms with Gasteiger partial charge in [0.15, 0.2) is 0 Å². The molecule has 0 radical (unpaired) electrons. The van der Waals surface area contributed by atoms with Crippen LogP contribution in [-0.2, 0) is 14.3 Å². The van der Waals surface area contributed by atoms with Crippen LogP contribution in [0.3, 0.4) is 0 Å². The third kappa shape index (κ3) is 5.28. The minimum absolute atomic E-state index is 0.0750. The summed E-state index contributed by atoms with van der Waals surface area (Å²) in [6, 6.07) is 15.3. The molecule has 2 amide bonds. The molecule has 170 valence electrons. The molecule has 0 fully saturated rings. The number of carbonyl (C=O) groups excluding carboxylic acids is 2. The number of hydrogen-bond acceptors (Lipinski definition) is 4. The van der Waals surface area contributed by atoms with Crippen LogP contribution in [0.1, 0.15) is 51.2 Å². The third-order valence-electron chi connectivity index (χ3n) is 5.62. The Labute approximate surface area is 188 Å². The lowest BCUT2D eigenvalue weighted by Gasteiger charge is -2.29. The van der Waals surface area contributed by atoms with Gasteiger partial charge in [-0.1, -0.05) is 62.4 Å². The predicted molar refractivity (Wildman–Crippen MR) is 121 cm³/mol. The smallest absolute Gasteiger partial charge is 0.407 e. The highest BCUT2D eigenvalue weighted by Crippen LogP contribution is 2.44. The average Bonchev–Trinajstić information content (AvgIpc) is 3.02. The summed E-state index contributed by atoms with van der Waals surface area (Å²) in [6.45, 7) is 7.01. The molecule has 32 heavy (non-hydrogen) atoms. The summed E-state index contributed by atoms with van der Waals surface area (Å²) in [7, 11) is 0. The van der Waals surface area contributed by atoms with Gasteiger partial charge in [0.25, 0.3) is 0 Å². The van der Waals surface area contributed by atoms with Crippen LogP contribution in [0.4, 0.5) is 4.79 Å². The van der Waals surface area contributed by atoms with Crippen molar-refractivity contribution < 1.29 is 24.2 Å². The first kappa shape index (κ1) is 23.3. The van der Waals surface area contributed by atoms with E-state index in [4.69, 9.17) is 9.84 Å². The summed E-state index contributed by atoms with van der Waals surface area (Å²) in [4.78, 5) is 36.3. The quantitative estimate of drug-likeness (QED) is 0.579. The molecular formula is C25H30N2O5. The van der Waals surface area contributed by atoms with Crippen LogP contribution in [0.15, 0.2) is 48.5 Å². The Kier molecular flexibility index (Phi) is 6.87. The molecule has 7 nitrogen and oxygen atoms in total. The molecule has 0 bridgehead atoms. The fourth-order valence-electron chi connectivity index (χ4n) is 4.14. The van der Waals surface area contributed by atoms with E-state index in [0.717, 1.165) is 22.3 Å². The van der Waals surface area contributed by atoms with E-state index in [1.165, 1.54) is 0 Å². The number of rotatable bonds is 8. The van der Waals surface area contributed by atoms with Gasteiger partial charge < -0.3 is 20.5 Å². The number of ether oxygens (including phenoxy) is 1. The van der Waals surface area contributed by atoms with Crippen LogP contribution in [0, 0.1) is 5.92 Å². The SMILES string of the molecule is CC(C)[C@@H](NC(=O)OCC1c2ccccc2-c2ccccc21)C(=O)NC(C)(C)CC(=O)O. The second kappa shape index (κ2) is 9.42. The van der Waals surface area contributed by atoms with Crippen molar-refractivity contribution in [3.05, 3.63) is 59.7 Å². The summed E-state index contributed by atoms with van der Waals surface area (Å²) in [5, 5.41) is 14.4. The Morgan fingerprint density at radius 2 is 1.53 bits per heavy atom. The molecule has 1 aliphatic carbocycles. The van der Waals surface area contributed by atoms with Crippen molar-refractivity contribution in [1.29, 1.82) is 0 Å². The fourth-order valence-corrected chi connectivity index (χ4v) is 4.14. The molecule has 0 heterocycles. The van der Waals surface area contributed by atoms with E-state index < -0.39 is 29.6 Å². The van der Waals surface area contributed by atoms with E-state index >= 15 is 0 Å². The summed E-state index contributed by atoms with van der Waals surface area (Å²) in [6.07, 6.45) is -0.911. The molecular weight excluding hydrogens is 408 g/mol. The first-order chi connectivity index (χ1) is 15.1. The number of amides is 2. The highest BCUT2D eigenvalue weighted by Gasteiger charge is 2.32. The van der Waals surface area contributed by atoms with Crippen molar-refractivity contribution in [2.45, 2.75) is 51.6 Å². The van der Waals surface area contributed by atoms with E-state index in [9.17, 15) is 14.4 Å². The topological polar surface area (TPSA) is 105 Å². The normalized spacial score (nSPS) is 13.8. The lowest BCUT2D eigenvalue weighted by molar-refractivity contribution is -0.138. The Balaban J connectivity index is 1.65. The standard InChI is InChI=1S/C25H30N2O5/c1-15(2)22(23(30)27-25(3,4)13-21(28)29)26-24(31)32-14-20-18-11-7-5-9-16(18)17-10-6-8-12-19(17)20/h5-12,15,20,22H,13-14H2,1-4H3,(H,26,31)(H,27,30)(H,28,29)/t22-/m1/s1. The molecule has 7 heteroatoms. The van der Waals surface area contributed by atoms with E-state index in [-0.39, 0.29) is 24.9 Å². The zero-order chi connectivity index (χ0) is 23.5. The number of aliphatic carboxylic acids is 1. The Hall–Kier alpha value is -3.35. The summed E-state index contributed by atoms with van der Waals surface area (Å²) in [5.41, 5.74) is 3.54. The largest absolute Gasteiger partial charge is 0.481 e. The van der Waals surface area contributed by atoms with Gasteiger partial charge in [0.1, 0.15) is 12.6 Å². The molecule has 0 spiro atoms. The van der Waals surface area contributed by atoms with Crippen LogP contribution >= 0.6 is 0 Å². The molecule has 0 aliphatic heterocycles. The lowest BCUT2D eigenvalue weighted by Crippen LogP contribution is -2.55. The van der Waals surface area contributed by atoms with Crippen molar-refractivity contribution >= 4 is 18.0 Å². The monoisotopic (exact) mass is 438 g/mol. The van der Waals surface area contributed by atoms with Crippen molar-refractivity contribution in [1.82, 2.24) is 10.6 Å². The zero-order valence-corrected chi connectivity index (χ0v) is 18.8. The van der Waals surface area contributed by atoms with Crippen LogP contribution in [-0.4, -0.2) is 41.3 Å². The Morgan fingerprint density at radius 1 is 1.00 bits per heavy atom. The number of carbonyl (C=O) groups is 3. The van der Waals surface area contributed by atoms with E-state index in [2.05, 4.69) is 22.8 Å². The van der Waals surface area contributed by atoms with Gasteiger partial charge in [-0.15, -0.1) is 0 Å². The maximum Gasteiger partial charge on any atom is 0.407 e. The van der Waals surface area contributed by atoms with Crippen LogP contribution in [0.2, 0.25) is 0 Å². The van der Waals surface area contributed by atoms with Gasteiger partial charge in [0.2, 0.25) is 5.91 Å². The molecule has 2 aromatic carbocycles. The second-order valence-electron chi connectivity index (χ2n) is 9.14. The van der Waals surface area contributed by atoms with E-state index in [0.29, 0.717) is 0 Å². The molecule has 3 rings (SSSR count). The fraction of sp³-hybridized carbons (Fsp3) is 0.400. The average molecular weight is 439 g/mol. The van der Waals surface area contributed by atoms with Crippen molar-refractivity contribution in [2.24, 2.45) is 5.92 Å². The van der Waals surface area contributed by atoms with E-state index in [1.807, 2.05) is 36.4 Å². The van der Waals surface area contributed by atoms with Crippen LogP contribution in [0.25, 0.3) is 11.1 Å². The highest BCUT2D eigenvalue weighted by atomic mass is 16.5. The van der Waals surface area contributed by atoms with Gasteiger partial charge in [-0.2, -0.15) is 0 Å². The molecule has 2 aromatic rings. The molecule has 0 saturated carbocycles. The van der Waals surface area contributed by atoms with Crippen molar-refractivity contribution in [3.8, 4) is 11.1 Å². The molecule has 1 aliphatic rings. The second-order valence-corrected chi connectivity index (χ2v) is 9.14.